The van der Waals surface area contributed by atoms with Gasteiger partial charge in [-0.05, 0) is 37.9 Å². The summed E-state index contributed by atoms with van der Waals surface area (Å²) in [7, 11) is 2.18. The SMILES string of the molecule is CC/C=C\c1c(C)[nH]c2c1CCN(C)C2. The van der Waals surface area contributed by atoms with Crippen LogP contribution in [-0.2, 0) is 13.0 Å². The fourth-order valence-corrected chi connectivity index (χ4v) is 2.29. The molecule has 0 spiro atoms. The van der Waals surface area contributed by atoms with Crippen LogP contribution in [0.25, 0.3) is 6.08 Å². The second-order valence-corrected chi connectivity index (χ2v) is 4.42. The first-order chi connectivity index (χ1) is 7.22. The second-order valence-electron chi connectivity index (χ2n) is 4.42. The Bertz CT molecular complexity index is 374. The molecule has 0 bridgehead atoms. The largest absolute Gasteiger partial charge is 0.361 e. The van der Waals surface area contributed by atoms with E-state index in [4.69, 9.17) is 0 Å². The molecule has 0 atom stereocenters. The normalized spacial score (nSPS) is 17.3. The molecule has 2 heterocycles. The Kier molecular flexibility index (Phi) is 2.96. The molecule has 0 fully saturated rings. The molecule has 1 aliphatic heterocycles. The van der Waals surface area contributed by atoms with Crippen LogP contribution >= 0.6 is 0 Å². The maximum atomic E-state index is 3.51. The summed E-state index contributed by atoms with van der Waals surface area (Å²) in [6.07, 6.45) is 6.81. The average Bonchev–Trinajstić information content (AvgIpc) is 2.50. The number of fused-ring (bicyclic) bond motifs is 1. The molecule has 0 saturated carbocycles. The third-order valence-corrected chi connectivity index (χ3v) is 3.12. The fourth-order valence-electron chi connectivity index (χ4n) is 2.29. The number of aryl methyl sites for hydroxylation is 1. The summed E-state index contributed by atoms with van der Waals surface area (Å²) in [6.45, 7) is 6.60. The van der Waals surface area contributed by atoms with E-state index in [2.05, 4.69) is 42.9 Å². The lowest BCUT2D eigenvalue weighted by molar-refractivity contribution is 0.309. The topological polar surface area (TPSA) is 19.0 Å². The van der Waals surface area contributed by atoms with E-state index in [0.717, 1.165) is 13.0 Å². The molecular weight excluding hydrogens is 184 g/mol. The molecule has 2 heteroatoms. The van der Waals surface area contributed by atoms with Crippen LogP contribution in [0.1, 0.15) is 35.9 Å². The molecular formula is C13H20N2. The van der Waals surface area contributed by atoms with E-state index in [0.29, 0.717) is 0 Å². The lowest BCUT2D eigenvalue weighted by Crippen LogP contribution is -2.26. The second kappa shape index (κ2) is 4.23. The van der Waals surface area contributed by atoms with Gasteiger partial charge in [0.25, 0.3) is 0 Å². The van der Waals surface area contributed by atoms with Gasteiger partial charge >= 0.3 is 0 Å². The number of nitrogens with one attached hydrogen (secondary N) is 1. The van der Waals surface area contributed by atoms with Crippen LogP contribution in [0.5, 0.6) is 0 Å². The van der Waals surface area contributed by atoms with Gasteiger partial charge in [0.15, 0.2) is 0 Å². The van der Waals surface area contributed by atoms with Crippen LogP contribution in [0.4, 0.5) is 0 Å². The minimum atomic E-state index is 1.07. The summed E-state index contributed by atoms with van der Waals surface area (Å²) < 4.78 is 0. The number of H-pyrrole nitrogens is 1. The summed E-state index contributed by atoms with van der Waals surface area (Å²) in [6, 6.07) is 0. The predicted octanol–water partition coefficient (Wildman–Crippen LogP) is 2.73. The Morgan fingerprint density at radius 3 is 3.00 bits per heavy atom. The molecule has 1 N–H and O–H groups in total. The molecule has 0 amide bonds. The number of hydrogen-bond acceptors (Lipinski definition) is 1. The van der Waals surface area contributed by atoms with E-state index in [1.807, 2.05) is 0 Å². The van der Waals surface area contributed by atoms with Gasteiger partial charge in [-0.3, -0.25) is 0 Å². The monoisotopic (exact) mass is 204 g/mol. The van der Waals surface area contributed by atoms with Crippen molar-refractivity contribution in [3.63, 3.8) is 0 Å². The third-order valence-electron chi connectivity index (χ3n) is 3.12. The van der Waals surface area contributed by atoms with Crippen molar-refractivity contribution in [1.29, 1.82) is 0 Å². The van der Waals surface area contributed by atoms with Gasteiger partial charge in [-0.15, -0.1) is 0 Å². The maximum Gasteiger partial charge on any atom is 0.0385 e. The number of aromatic amines is 1. The van der Waals surface area contributed by atoms with Gasteiger partial charge in [-0.1, -0.05) is 19.1 Å². The Hall–Kier alpha value is -1.02. The van der Waals surface area contributed by atoms with E-state index in [1.165, 1.54) is 35.5 Å². The van der Waals surface area contributed by atoms with Crippen LogP contribution in [-0.4, -0.2) is 23.5 Å². The minimum Gasteiger partial charge on any atom is -0.361 e. The Morgan fingerprint density at radius 2 is 2.27 bits per heavy atom. The Morgan fingerprint density at radius 1 is 1.47 bits per heavy atom. The number of nitrogens with zero attached hydrogens (tertiary/aromatic N) is 1. The van der Waals surface area contributed by atoms with Crippen molar-refractivity contribution < 1.29 is 0 Å². The molecule has 0 unspecified atom stereocenters. The van der Waals surface area contributed by atoms with E-state index in [9.17, 15) is 0 Å². The van der Waals surface area contributed by atoms with Gasteiger partial charge in [0, 0.05) is 24.5 Å². The van der Waals surface area contributed by atoms with Gasteiger partial charge in [0.1, 0.15) is 0 Å². The Balaban J connectivity index is 2.35. The predicted molar refractivity (Wildman–Crippen MR) is 64.9 cm³/mol. The van der Waals surface area contributed by atoms with Crippen molar-refractivity contribution in [2.45, 2.75) is 33.2 Å². The summed E-state index contributed by atoms with van der Waals surface area (Å²) in [4.78, 5) is 5.88. The number of hydrogen-bond donors (Lipinski definition) is 1. The molecule has 1 aliphatic rings. The summed E-state index contributed by atoms with van der Waals surface area (Å²) >= 11 is 0. The van der Waals surface area contributed by atoms with Crippen molar-refractivity contribution in [1.82, 2.24) is 9.88 Å². The van der Waals surface area contributed by atoms with E-state index in [1.54, 1.807) is 0 Å². The highest BCUT2D eigenvalue weighted by molar-refractivity contribution is 5.59. The van der Waals surface area contributed by atoms with Gasteiger partial charge in [0.05, 0.1) is 0 Å². The van der Waals surface area contributed by atoms with E-state index in [-0.39, 0.29) is 0 Å². The third kappa shape index (κ3) is 2.00. The lowest BCUT2D eigenvalue weighted by atomic mass is 10.0. The number of allylic oxidation sites excluding steroid dienone is 1. The summed E-state index contributed by atoms with van der Waals surface area (Å²) in [5.41, 5.74) is 5.70. The molecule has 82 valence electrons. The molecule has 1 aromatic heterocycles. The number of likely N-dealkylation sites (N-methyl/N-ethyl adjacent to an activating group) is 1. The van der Waals surface area contributed by atoms with Crippen molar-refractivity contribution in [3.8, 4) is 0 Å². The van der Waals surface area contributed by atoms with Gasteiger partial charge in [-0.2, -0.15) is 0 Å². The minimum absolute atomic E-state index is 1.07. The van der Waals surface area contributed by atoms with Crippen LogP contribution in [0.15, 0.2) is 6.08 Å². The summed E-state index contributed by atoms with van der Waals surface area (Å²) in [5.74, 6) is 0. The molecule has 2 rings (SSSR count). The Labute approximate surface area is 92.0 Å². The van der Waals surface area contributed by atoms with Crippen LogP contribution in [0.2, 0.25) is 0 Å². The average molecular weight is 204 g/mol. The van der Waals surface area contributed by atoms with E-state index < -0.39 is 0 Å². The van der Waals surface area contributed by atoms with E-state index >= 15 is 0 Å². The van der Waals surface area contributed by atoms with Crippen molar-refractivity contribution >= 4 is 6.08 Å². The first-order valence-electron chi connectivity index (χ1n) is 5.77. The van der Waals surface area contributed by atoms with Gasteiger partial charge < -0.3 is 9.88 Å². The first-order valence-corrected chi connectivity index (χ1v) is 5.77. The quantitative estimate of drug-likeness (QED) is 0.785. The highest BCUT2D eigenvalue weighted by Gasteiger charge is 2.18. The van der Waals surface area contributed by atoms with Crippen molar-refractivity contribution in [3.05, 3.63) is 28.6 Å². The molecule has 0 aromatic carbocycles. The number of rotatable bonds is 2. The van der Waals surface area contributed by atoms with Crippen molar-refractivity contribution in [2.75, 3.05) is 13.6 Å². The zero-order valence-corrected chi connectivity index (χ0v) is 9.93. The molecule has 0 radical (unpaired) electrons. The van der Waals surface area contributed by atoms with Crippen LogP contribution in [0.3, 0.4) is 0 Å². The lowest BCUT2D eigenvalue weighted by Gasteiger charge is -2.22. The molecule has 15 heavy (non-hydrogen) atoms. The molecule has 0 aliphatic carbocycles. The zero-order valence-electron chi connectivity index (χ0n) is 9.93. The van der Waals surface area contributed by atoms with Gasteiger partial charge in [0.2, 0.25) is 0 Å². The highest BCUT2D eigenvalue weighted by atomic mass is 15.1. The fraction of sp³-hybridized carbons (Fsp3) is 0.538. The van der Waals surface area contributed by atoms with Crippen LogP contribution in [0, 0.1) is 6.92 Å². The molecule has 1 aromatic rings. The maximum absolute atomic E-state index is 3.51. The highest BCUT2D eigenvalue weighted by Crippen LogP contribution is 2.25. The number of aromatic nitrogens is 1. The van der Waals surface area contributed by atoms with Gasteiger partial charge in [-0.25, -0.2) is 0 Å². The molecule has 0 saturated heterocycles. The van der Waals surface area contributed by atoms with Crippen molar-refractivity contribution in [2.24, 2.45) is 0 Å². The zero-order chi connectivity index (χ0) is 10.8. The standard InChI is InChI=1S/C13H20N2/c1-4-5-6-11-10(2)14-13-9-15(3)8-7-12(11)13/h5-6,14H,4,7-9H2,1-3H3/b6-5-. The molecule has 2 nitrogen and oxygen atoms in total. The smallest absolute Gasteiger partial charge is 0.0385 e. The van der Waals surface area contributed by atoms with Crippen LogP contribution < -0.4 is 0 Å². The first kappa shape index (κ1) is 10.5. The summed E-state index contributed by atoms with van der Waals surface area (Å²) in [5, 5.41) is 0.